The van der Waals surface area contributed by atoms with Crippen LogP contribution in [0.25, 0.3) is 0 Å². The molecule has 0 saturated heterocycles. The summed E-state index contributed by atoms with van der Waals surface area (Å²) in [6.07, 6.45) is 1.17. The zero-order chi connectivity index (χ0) is 9.07. The topological polar surface area (TPSA) is 3.24 Å². The maximum Gasteiger partial charge on any atom is 0.0239 e. The Labute approximate surface area is 79.9 Å². The van der Waals surface area contributed by atoms with Crippen LogP contribution in [0.5, 0.6) is 0 Å². The van der Waals surface area contributed by atoms with Crippen molar-refractivity contribution in [1.29, 1.82) is 0 Å². The first-order valence-corrected chi connectivity index (χ1v) is 5.87. The van der Waals surface area contributed by atoms with Gasteiger partial charge in [0, 0.05) is 11.6 Å². The summed E-state index contributed by atoms with van der Waals surface area (Å²) in [5.41, 5.74) is 0.210. The zero-order valence-electron chi connectivity index (χ0n) is 8.09. The molecule has 0 aromatic rings. The van der Waals surface area contributed by atoms with Gasteiger partial charge < -0.3 is 0 Å². The molecule has 0 amide bonds. The van der Waals surface area contributed by atoms with Gasteiger partial charge in [-0.3, -0.25) is 0 Å². The van der Waals surface area contributed by atoms with E-state index in [4.69, 9.17) is 0 Å². The van der Waals surface area contributed by atoms with Gasteiger partial charge in [0.25, 0.3) is 0 Å². The standard InChI is InChI=1S/C8H19NS2/c1-6-7(2)9(11-10)8(3,4)5/h7,10H,6H2,1-5H3. The summed E-state index contributed by atoms with van der Waals surface area (Å²) in [5.74, 6) is 0. The highest BCUT2D eigenvalue weighted by molar-refractivity contribution is 8.67. The van der Waals surface area contributed by atoms with Gasteiger partial charge in [-0.2, -0.15) is 0 Å². The van der Waals surface area contributed by atoms with Crippen LogP contribution in [0.1, 0.15) is 41.0 Å². The van der Waals surface area contributed by atoms with Crippen LogP contribution in [0.2, 0.25) is 0 Å². The first-order valence-electron chi connectivity index (χ1n) is 4.04. The molecule has 0 saturated carbocycles. The third kappa shape index (κ3) is 3.72. The highest BCUT2D eigenvalue weighted by Crippen LogP contribution is 2.29. The van der Waals surface area contributed by atoms with Crippen molar-refractivity contribution in [3.63, 3.8) is 0 Å². The lowest BCUT2D eigenvalue weighted by Crippen LogP contribution is -2.40. The summed E-state index contributed by atoms with van der Waals surface area (Å²) in [6.45, 7) is 11.1. The number of thiol groups is 1. The second-order valence-electron chi connectivity index (χ2n) is 3.84. The molecule has 1 atom stereocenters. The molecule has 0 rings (SSSR count). The first kappa shape index (κ1) is 11.7. The average molecular weight is 193 g/mol. The van der Waals surface area contributed by atoms with E-state index in [1.165, 1.54) is 17.4 Å². The minimum absolute atomic E-state index is 0.210. The molecule has 0 aromatic carbocycles. The van der Waals surface area contributed by atoms with Gasteiger partial charge in [0.1, 0.15) is 0 Å². The molecule has 0 heterocycles. The van der Waals surface area contributed by atoms with E-state index in [1.54, 1.807) is 0 Å². The largest absolute Gasteiger partial charge is 0.233 e. The summed E-state index contributed by atoms with van der Waals surface area (Å²) >= 11 is 4.24. The van der Waals surface area contributed by atoms with E-state index >= 15 is 0 Å². The van der Waals surface area contributed by atoms with Gasteiger partial charge in [0.2, 0.25) is 0 Å². The van der Waals surface area contributed by atoms with Crippen LogP contribution >= 0.6 is 22.6 Å². The van der Waals surface area contributed by atoms with Crippen molar-refractivity contribution < 1.29 is 0 Å². The zero-order valence-corrected chi connectivity index (χ0v) is 9.80. The number of hydrogen-bond acceptors (Lipinski definition) is 3. The fourth-order valence-corrected chi connectivity index (χ4v) is 2.80. The predicted octanol–water partition coefficient (Wildman–Crippen LogP) is 3.38. The molecule has 1 unspecified atom stereocenters. The smallest absolute Gasteiger partial charge is 0.0239 e. The number of hydrogen-bond donors (Lipinski definition) is 1. The molecule has 0 aromatic heterocycles. The van der Waals surface area contributed by atoms with Crippen molar-refractivity contribution in [1.82, 2.24) is 4.31 Å². The Balaban J connectivity index is 4.16. The summed E-state index contributed by atoms with van der Waals surface area (Å²) < 4.78 is 2.32. The molecule has 0 fully saturated rings. The van der Waals surface area contributed by atoms with Crippen LogP contribution in [0.4, 0.5) is 0 Å². The Bertz CT molecular complexity index is 109. The molecular formula is C8H19NS2. The van der Waals surface area contributed by atoms with Crippen LogP contribution in [0.3, 0.4) is 0 Å². The van der Waals surface area contributed by atoms with E-state index in [0.29, 0.717) is 6.04 Å². The average Bonchev–Trinajstić information content (AvgIpc) is 1.86. The Hall–Kier alpha value is 0.660. The molecule has 0 aliphatic heterocycles. The van der Waals surface area contributed by atoms with E-state index in [1.807, 2.05) is 0 Å². The predicted molar refractivity (Wildman–Crippen MR) is 57.9 cm³/mol. The fraction of sp³-hybridized carbons (Fsp3) is 1.00. The van der Waals surface area contributed by atoms with Gasteiger partial charge in [-0.1, -0.05) is 18.6 Å². The van der Waals surface area contributed by atoms with Crippen LogP contribution in [0.15, 0.2) is 0 Å². The van der Waals surface area contributed by atoms with Crippen LogP contribution in [0, 0.1) is 0 Å². The Morgan fingerprint density at radius 1 is 1.45 bits per heavy atom. The van der Waals surface area contributed by atoms with Gasteiger partial charge in [-0.15, -0.1) is 0 Å². The SMILES string of the molecule is CCC(C)N(SS)C(C)(C)C. The molecular weight excluding hydrogens is 174 g/mol. The quantitative estimate of drug-likeness (QED) is 0.416. The molecule has 1 nitrogen and oxygen atoms in total. The lowest BCUT2D eigenvalue weighted by Gasteiger charge is -2.37. The molecule has 0 bridgehead atoms. The van der Waals surface area contributed by atoms with E-state index in [2.05, 4.69) is 50.6 Å². The summed E-state index contributed by atoms with van der Waals surface area (Å²) in [5, 5.41) is 0. The second kappa shape index (κ2) is 4.63. The fourth-order valence-electron chi connectivity index (χ4n) is 1.03. The van der Waals surface area contributed by atoms with Gasteiger partial charge in [-0.05, 0) is 45.1 Å². The van der Waals surface area contributed by atoms with Crippen LogP contribution in [-0.4, -0.2) is 15.9 Å². The molecule has 0 N–H and O–H groups in total. The maximum absolute atomic E-state index is 4.24. The van der Waals surface area contributed by atoms with Gasteiger partial charge in [0.15, 0.2) is 0 Å². The van der Waals surface area contributed by atoms with Crippen molar-refractivity contribution in [2.24, 2.45) is 0 Å². The van der Waals surface area contributed by atoms with Crippen molar-refractivity contribution in [2.45, 2.75) is 52.6 Å². The third-order valence-electron chi connectivity index (χ3n) is 1.74. The number of nitrogens with zero attached hydrogens (tertiary/aromatic N) is 1. The second-order valence-corrected chi connectivity index (χ2v) is 4.88. The molecule has 68 valence electrons. The Morgan fingerprint density at radius 2 is 1.91 bits per heavy atom. The third-order valence-corrected chi connectivity index (χ3v) is 3.35. The van der Waals surface area contributed by atoms with E-state index < -0.39 is 0 Å². The lowest BCUT2D eigenvalue weighted by atomic mass is 10.1. The Morgan fingerprint density at radius 3 is 2.00 bits per heavy atom. The van der Waals surface area contributed by atoms with Crippen molar-refractivity contribution >= 4 is 22.6 Å². The molecule has 0 aliphatic carbocycles. The first-order chi connectivity index (χ1) is 4.93. The highest BCUT2D eigenvalue weighted by atomic mass is 33.1. The summed E-state index contributed by atoms with van der Waals surface area (Å²) in [4.78, 5) is 0. The molecule has 0 spiro atoms. The summed E-state index contributed by atoms with van der Waals surface area (Å²) in [6, 6.07) is 0.595. The maximum atomic E-state index is 4.24. The molecule has 3 heteroatoms. The molecule has 11 heavy (non-hydrogen) atoms. The highest BCUT2D eigenvalue weighted by Gasteiger charge is 2.24. The van der Waals surface area contributed by atoms with Crippen molar-refractivity contribution in [3.8, 4) is 0 Å². The molecule has 0 radical (unpaired) electrons. The summed E-state index contributed by atoms with van der Waals surface area (Å²) in [7, 11) is 1.54. The number of rotatable bonds is 3. The normalized spacial score (nSPS) is 15.5. The van der Waals surface area contributed by atoms with Crippen LogP contribution < -0.4 is 0 Å². The van der Waals surface area contributed by atoms with E-state index in [-0.39, 0.29) is 5.54 Å². The minimum atomic E-state index is 0.210. The minimum Gasteiger partial charge on any atom is -0.233 e. The van der Waals surface area contributed by atoms with E-state index in [0.717, 1.165) is 0 Å². The monoisotopic (exact) mass is 193 g/mol. The van der Waals surface area contributed by atoms with Crippen LogP contribution in [-0.2, 0) is 0 Å². The van der Waals surface area contributed by atoms with E-state index in [9.17, 15) is 0 Å². The Kier molecular flexibility index (Phi) is 4.91. The lowest BCUT2D eigenvalue weighted by molar-refractivity contribution is 0.219. The van der Waals surface area contributed by atoms with Gasteiger partial charge in [-0.25, -0.2) is 4.31 Å². The van der Waals surface area contributed by atoms with Gasteiger partial charge >= 0.3 is 0 Å². The van der Waals surface area contributed by atoms with Gasteiger partial charge in [0.05, 0.1) is 0 Å². The molecule has 0 aliphatic rings. The van der Waals surface area contributed by atoms with Crippen molar-refractivity contribution in [2.75, 3.05) is 0 Å². The van der Waals surface area contributed by atoms with Crippen molar-refractivity contribution in [3.05, 3.63) is 0 Å².